The highest BCUT2D eigenvalue weighted by atomic mass is 32.2. The summed E-state index contributed by atoms with van der Waals surface area (Å²) in [6.45, 7) is 0. The van der Waals surface area contributed by atoms with E-state index in [4.69, 9.17) is 0 Å². The molecule has 0 bridgehead atoms. The van der Waals surface area contributed by atoms with Crippen molar-refractivity contribution in [3.63, 3.8) is 0 Å². The van der Waals surface area contributed by atoms with E-state index in [0.29, 0.717) is 10.6 Å². The summed E-state index contributed by atoms with van der Waals surface area (Å²) < 4.78 is 38.7. The number of aliphatic hydroxyl groups excluding tert-OH is 1. The third-order valence-corrected chi connectivity index (χ3v) is 6.06. The van der Waals surface area contributed by atoms with E-state index in [1.54, 1.807) is 11.4 Å². The van der Waals surface area contributed by atoms with Crippen molar-refractivity contribution in [3.05, 3.63) is 51.3 Å². The number of sulfonamides is 1. The summed E-state index contributed by atoms with van der Waals surface area (Å²) in [6.07, 6.45) is 0. The maximum Gasteiger partial charge on any atom is 0.273 e. The number of aliphatic hydroxyl groups is 1. The van der Waals surface area contributed by atoms with Crippen LogP contribution in [0.4, 0.5) is 15.8 Å². The molecule has 6 nitrogen and oxygen atoms in total. The Balaban J connectivity index is 2.05. The smallest absolute Gasteiger partial charge is 0.273 e. The van der Waals surface area contributed by atoms with Gasteiger partial charge in [0.05, 0.1) is 10.6 Å². The number of benzene rings is 1. The van der Waals surface area contributed by atoms with Crippen LogP contribution < -0.4 is 9.62 Å². The molecule has 0 spiro atoms. The first-order valence-corrected chi connectivity index (χ1v) is 8.71. The van der Waals surface area contributed by atoms with Gasteiger partial charge in [0, 0.05) is 12.7 Å². The Labute approximate surface area is 135 Å². The topological polar surface area (TPSA) is 86.7 Å². The number of hydrogen-bond acceptors (Lipinski definition) is 5. The molecule has 0 fully saturated rings. The van der Waals surface area contributed by atoms with Gasteiger partial charge in [-0.1, -0.05) is 0 Å². The van der Waals surface area contributed by atoms with Gasteiger partial charge in [0.25, 0.3) is 15.9 Å². The van der Waals surface area contributed by atoms with Gasteiger partial charge in [0.15, 0.2) is 10.7 Å². The van der Waals surface area contributed by atoms with Crippen molar-refractivity contribution in [2.75, 3.05) is 16.7 Å². The molecule has 3 rings (SSSR count). The highest BCUT2D eigenvalue weighted by Gasteiger charge is 2.40. The number of rotatable bonds is 2. The third-order valence-electron chi connectivity index (χ3n) is 3.34. The van der Waals surface area contributed by atoms with Gasteiger partial charge in [-0.15, -0.1) is 11.3 Å². The quantitative estimate of drug-likeness (QED) is 0.868. The molecule has 2 aromatic rings. The molecule has 9 heteroatoms. The number of halogens is 1. The van der Waals surface area contributed by atoms with E-state index in [1.807, 2.05) is 0 Å². The average molecular weight is 354 g/mol. The van der Waals surface area contributed by atoms with Crippen LogP contribution in [0.25, 0.3) is 5.76 Å². The predicted molar refractivity (Wildman–Crippen MR) is 86.2 cm³/mol. The molecule has 0 unspecified atom stereocenters. The maximum atomic E-state index is 12.9. The largest absolute Gasteiger partial charge is 0.505 e. The zero-order valence-electron chi connectivity index (χ0n) is 11.8. The molecule has 1 aromatic carbocycles. The van der Waals surface area contributed by atoms with Crippen molar-refractivity contribution in [2.45, 2.75) is 0 Å². The molecule has 1 aliphatic heterocycles. The van der Waals surface area contributed by atoms with Crippen molar-refractivity contribution in [2.24, 2.45) is 0 Å². The lowest BCUT2D eigenvalue weighted by molar-refractivity contribution is -0.112. The Morgan fingerprint density at radius 2 is 1.91 bits per heavy atom. The van der Waals surface area contributed by atoms with Crippen LogP contribution in [0.2, 0.25) is 0 Å². The van der Waals surface area contributed by atoms with Gasteiger partial charge in [-0.25, -0.2) is 12.8 Å². The van der Waals surface area contributed by atoms with E-state index in [9.17, 15) is 22.7 Å². The number of thiophene rings is 1. The third kappa shape index (κ3) is 2.47. The maximum absolute atomic E-state index is 12.9. The van der Waals surface area contributed by atoms with E-state index in [1.165, 1.54) is 19.2 Å². The molecule has 0 aliphatic carbocycles. The van der Waals surface area contributed by atoms with Crippen molar-refractivity contribution in [1.82, 2.24) is 0 Å². The Hall–Kier alpha value is -2.39. The summed E-state index contributed by atoms with van der Waals surface area (Å²) in [7, 11) is -2.87. The minimum absolute atomic E-state index is 0.214. The lowest BCUT2D eigenvalue weighted by Gasteiger charge is -2.25. The van der Waals surface area contributed by atoms with Gasteiger partial charge in [-0.2, -0.15) is 0 Å². The van der Waals surface area contributed by atoms with Gasteiger partial charge in [-0.3, -0.25) is 9.10 Å². The fraction of sp³-hybridized carbons (Fsp3) is 0.0714. The highest BCUT2D eigenvalue weighted by molar-refractivity contribution is 7.97. The SMILES string of the molecule is CN1c2ccsc2C(O)=C(C(=O)Nc2ccc(F)cc2)S1(=O)=O. The number of anilines is 2. The lowest BCUT2D eigenvalue weighted by atomic mass is 10.3. The number of fused-ring (bicyclic) bond motifs is 1. The molecule has 2 N–H and O–H groups in total. The first-order chi connectivity index (χ1) is 10.8. The number of nitrogens with one attached hydrogen (secondary N) is 1. The summed E-state index contributed by atoms with van der Waals surface area (Å²) in [4.78, 5) is 11.9. The second-order valence-electron chi connectivity index (χ2n) is 4.75. The molecule has 120 valence electrons. The van der Waals surface area contributed by atoms with Crippen LogP contribution >= 0.6 is 11.3 Å². The van der Waals surface area contributed by atoms with Crippen molar-refractivity contribution in [3.8, 4) is 0 Å². The summed E-state index contributed by atoms with van der Waals surface area (Å²) in [5.41, 5.74) is 0.525. The predicted octanol–water partition coefficient (Wildman–Crippen LogP) is 2.53. The Kier molecular flexibility index (Phi) is 3.61. The standard InChI is InChI=1S/C14H11FN2O4S2/c1-17-10-6-7-22-12(10)11(18)13(23(17,20)21)14(19)16-9-4-2-8(15)3-5-9/h2-7,18H,1H3,(H,16,19). The molecular weight excluding hydrogens is 343 g/mol. The van der Waals surface area contributed by atoms with Crippen LogP contribution in [0.1, 0.15) is 4.88 Å². The number of carbonyl (C=O) groups is 1. The van der Waals surface area contributed by atoms with E-state index < -0.39 is 32.4 Å². The van der Waals surface area contributed by atoms with E-state index in [2.05, 4.69) is 5.32 Å². The second kappa shape index (κ2) is 5.36. The van der Waals surface area contributed by atoms with Crippen LogP contribution in [0.3, 0.4) is 0 Å². The zero-order valence-corrected chi connectivity index (χ0v) is 13.4. The molecular formula is C14H11FN2O4S2. The summed E-state index contributed by atoms with van der Waals surface area (Å²) in [5.74, 6) is -2.06. The van der Waals surface area contributed by atoms with Gasteiger partial charge in [-0.05, 0) is 35.7 Å². The monoisotopic (exact) mass is 354 g/mol. The first-order valence-electron chi connectivity index (χ1n) is 6.39. The minimum Gasteiger partial charge on any atom is -0.505 e. The molecule has 0 radical (unpaired) electrons. The van der Waals surface area contributed by atoms with Crippen molar-refractivity contribution in [1.29, 1.82) is 0 Å². The van der Waals surface area contributed by atoms with Crippen molar-refractivity contribution >= 4 is 44.4 Å². The highest BCUT2D eigenvalue weighted by Crippen LogP contribution is 2.40. The Morgan fingerprint density at radius 1 is 1.26 bits per heavy atom. The van der Waals surface area contributed by atoms with Gasteiger partial charge >= 0.3 is 0 Å². The Morgan fingerprint density at radius 3 is 2.57 bits per heavy atom. The van der Waals surface area contributed by atoms with Crippen molar-refractivity contribution < 1.29 is 22.7 Å². The average Bonchev–Trinajstić information content (AvgIpc) is 2.97. The molecule has 1 aromatic heterocycles. The van der Waals surface area contributed by atoms with Crippen LogP contribution in [-0.2, 0) is 14.8 Å². The van der Waals surface area contributed by atoms with Crippen LogP contribution in [0.15, 0.2) is 40.6 Å². The summed E-state index contributed by atoms with van der Waals surface area (Å²) in [5, 5.41) is 14.2. The number of carbonyl (C=O) groups excluding carboxylic acids is 1. The molecule has 1 aliphatic rings. The second-order valence-corrected chi connectivity index (χ2v) is 7.57. The Bertz CT molecular complexity index is 917. The number of nitrogens with zero attached hydrogens (tertiary/aromatic N) is 1. The normalized spacial score (nSPS) is 16.2. The van der Waals surface area contributed by atoms with E-state index in [0.717, 1.165) is 27.8 Å². The number of hydrogen-bond donors (Lipinski definition) is 2. The zero-order chi connectivity index (χ0) is 16.8. The van der Waals surface area contributed by atoms with Gasteiger partial charge < -0.3 is 10.4 Å². The minimum atomic E-state index is -4.18. The van der Waals surface area contributed by atoms with E-state index in [-0.39, 0.29) is 5.69 Å². The fourth-order valence-corrected chi connectivity index (χ4v) is 4.48. The molecule has 0 saturated heterocycles. The molecule has 23 heavy (non-hydrogen) atoms. The summed E-state index contributed by atoms with van der Waals surface area (Å²) in [6, 6.07) is 6.38. The summed E-state index contributed by atoms with van der Waals surface area (Å²) >= 11 is 1.12. The molecule has 0 atom stereocenters. The van der Waals surface area contributed by atoms with E-state index >= 15 is 0 Å². The van der Waals surface area contributed by atoms with Gasteiger partial charge in [0.1, 0.15) is 5.82 Å². The lowest BCUT2D eigenvalue weighted by Crippen LogP contribution is -2.36. The first kappa shape index (κ1) is 15.5. The molecule has 1 amide bonds. The fourth-order valence-electron chi connectivity index (χ4n) is 2.17. The van der Waals surface area contributed by atoms with Gasteiger partial charge in [0.2, 0.25) is 0 Å². The molecule has 2 heterocycles. The molecule has 0 saturated carbocycles. The van der Waals surface area contributed by atoms with Crippen LogP contribution in [0, 0.1) is 5.82 Å². The number of amides is 1. The van der Waals surface area contributed by atoms with Crippen LogP contribution in [0.5, 0.6) is 0 Å². The van der Waals surface area contributed by atoms with Crippen LogP contribution in [-0.4, -0.2) is 26.5 Å².